The van der Waals surface area contributed by atoms with Crippen molar-refractivity contribution < 1.29 is 19.1 Å². The summed E-state index contributed by atoms with van der Waals surface area (Å²) in [7, 11) is 3.06. The second-order valence-electron chi connectivity index (χ2n) is 6.33. The van der Waals surface area contributed by atoms with E-state index < -0.39 is 11.8 Å². The lowest BCUT2D eigenvalue weighted by Crippen LogP contribution is -2.33. The van der Waals surface area contributed by atoms with Gasteiger partial charge in [0.05, 0.1) is 30.5 Å². The van der Waals surface area contributed by atoms with Crippen LogP contribution in [0.4, 0.5) is 5.69 Å². The van der Waals surface area contributed by atoms with Crippen LogP contribution in [-0.4, -0.2) is 37.5 Å². The molecular weight excluding hydrogens is 415 g/mol. The Balaban J connectivity index is 2.16. The molecule has 0 spiro atoms. The fourth-order valence-electron chi connectivity index (χ4n) is 3.11. The quantitative estimate of drug-likeness (QED) is 0.644. The van der Waals surface area contributed by atoms with Gasteiger partial charge >= 0.3 is 0 Å². The number of nitrogens with zero attached hydrogens (tertiary/aromatic N) is 1. The molecule has 29 heavy (non-hydrogen) atoms. The summed E-state index contributed by atoms with van der Waals surface area (Å²) in [6, 6.07) is 9.93. The summed E-state index contributed by atoms with van der Waals surface area (Å²) >= 11 is 12.3. The molecule has 2 amide bonds. The number of carbonyl (C=O) groups is 2. The van der Waals surface area contributed by atoms with E-state index in [0.29, 0.717) is 40.7 Å². The van der Waals surface area contributed by atoms with Crippen LogP contribution in [0.1, 0.15) is 18.9 Å². The topological polar surface area (TPSA) is 67.9 Å². The number of imide groups is 1. The predicted molar refractivity (Wildman–Crippen MR) is 114 cm³/mol. The number of halogens is 2. The van der Waals surface area contributed by atoms with Gasteiger partial charge in [0.2, 0.25) is 0 Å². The maximum atomic E-state index is 13.1. The van der Waals surface area contributed by atoms with Crippen molar-refractivity contribution in [3.8, 4) is 11.5 Å². The van der Waals surface area contributed by atoms with Crippen LogP contribution in [0.25, 0.3) is 5.57 Å². The average Bonchev–Trinajstić information content (AvgIpc) is 2.93. The third kappa shape index (κ3) is 4.04. The van der Waals surface area contributed by atoms with Crippen molar-refractivity contribution in [1.82, 2.24) is 4.90 Å². The molecule has 1 heterocycles. The molecule has 0 saturated heterocycles. The molecule has 1 N–H and O–H groups in total. The Morgan fingerprint density at radius 3 is 2.38 bits per heavy atom. The van der Waals surface area contributed by atoms with Crippen LogP contribution < -0.4 is 14.8 Å². The molecule has 0 aliphatic carbocycles. The van der Waals surface area contributed by atoms with Gasteiger partial charge in [0.1, 0.15) is 17.2 Å². The zero-order chi connectivity index (χ0) is 21.1. The standard InChI is InChI=1S/C21H20Cl2N2O4/c1-4-9-25-20(26)18(14-7-5-12(22)10-15(14)23)19(21(25)27)24-16-11-13(28-2)6-8-17(16)29-3/h5-8,10-11,24H,4,9H2,1-3H3. The van der Waals surface area contributed by atoms with E-state index in [4.69, 9.17) is 32.7 Å². The van der Waals surface area contributed by atoms with Crippen LogP contribution in [0.3, 0.4) is 0 Å². The second-order valence-corrected chi connectivity index (χ2v) is 7.17. The molecule has 6 nitrogen and oxygen atoms in total. The summed E-state index contributed by atoms with van der Waals surface area (Å²) in [5.41, 5.74) is 1.23. The molecule has 0 fully saturated rings. The lowest BCUT2D eigenvalue weighted by molar-refractivity contribution is -0.136. The molecule has 3 rings (SSSR count). The van der Waals surface area contributed by atoms with Gasteiger partial charge in [-0.1, -0.05) is 36.2 Å². The fourth-order valence-corrected chi connectivity index (χ4v) is 3.61. The molecule has 1 aliphatic rings. The van der Waals surface area contributed by atoms with Crippen LogP contribution in [0.15, 0.2) is 42.1 Å². The van der Waals surface area contributed by atoms with Crippen molar-refractivity contribution in [3.63, 3.8) is 0 Å². The number of methoxy groups -OCH3 is 2. The second kappa shape index (κ2) is 8.76. The summed E-state index contributed by atoms with van der Waals surface area (Å²) in [5, 5.41) is 3.78. The Labute approximate surface area is 179 Å². The van der Waals surface area contributed by atoms with Gasteiger partial charge < -0.3 is 14.8 Å². The summed E-state index contributed by atoms with van der Waals surface area (Å²) in [6.45, 7) is 2.19. The zero-order valence-electron chi connectivity index (χ0n) is 16.2. The predicted octanol–water partition coefficient (Wildman–Crippen LogP) is 4.61. The lowest BCUT2D eigenvalue weighted by atomic mass is 10.0. The maximum Gasteiger partial charge on any atom is 0.278 e. The van der Waals surface area contributed by atoms with Gasteiger partial charge in [-0.05, 0) is 30.7 Å². The van der Waals surface area contributed by atoms with Crippen LogP contribution in [-0.2, 0) is 9.59 Å². The van der Waals surface area contributed by atoms with E-state index in [0.717, 1.165) is 0 Å². The molecule has 2 aromatic rings. The number of hydrogen-bond acceptors (Lipinski definition) is 5. The molecule has 0 bridgehead atoms. The first-order valence-electron chi connectivity index (χ1n) is 8.96. The molecule has 0 saturated carbocycles. The van der Waals surface area contributed by atoms with Crippen molar-refractivity contribution in [1.29, 1.82) is 0 Å². The highest BCUT2D eigenvalue weighted by molar-refractivity contribution is 6.41. The minimum absolute atomic E-state index is 0.124. The van der Waals surface area contributed by atoms with E-state index in [2.05, 4.69) is 5.32 Å². The number of carbonyl (C=O) groups excluding carboxylic acids is 2. The van der Waals surface area contributed by atoms with Gasteiger partial charge in [-0.15, -0.1) is 0 Å². The van der Waals surface area contributed by atoms with Gasteiger partial charge in [-0.2, -0.15) is 0 Å². The van der Waals surface area contributed by atoms with E-state index >= 15 is 0 Å². The number of rotatable bonds is 7. The number of nitrogens with one attached hydrogen (secondary N) is 1. The lowest BCUT2D eigenvalue weighted by Gasteiger charge is -2.15. The normalized spacial score (nSPS) is 13.9. The van der Waals surface area contributed by atoms with E-state index in [1.54, 1.807) is 30.3 Å². The third-order valence-corrected chi connectivity index (χ3v) is 5.03. The van der Waals surface area contributed by atoms with E-state index in [1.165, 1.54) is 25.2 Å². The van der Waals surface area contributed by atoms with Gasteiger partial charge in [-0.3, -0.25) is 14.5 Å². The van der Waals surface area contributed by atoms with E-state index in [1.807, 2.05) is 6.92 Å². The van der Waals surface area contributed by atoms with Crippen molar-refractivity contribution >= 4 is 46.3 Å². The fraction of sp³-hybridized carbons (Fsp3) is 0.238. The SMILES string of the molecule is CCCN1C(=O)C(Nc2cc(OC)ccc2OC)=C(c2ccc(Cl)cc2Cl)C1=O. The van der Waals surface area contributed by atoms with Crippen LogP contribution in [0.5, 0.6) is 11.5 Å². The zero-order valence-corrected chi connectivity index (χ0v) is 17.7. The molecule has 0 radical (unpaired) electrons. The highest BCUT2D eigenvalue weighted by atomic mass is 35.5. The van der Waals surface area contributed by atoms with Crippen LogP contribution >= 0.6 is 23.2 Å². The first-order chi connectivity index (χ1) is 13.9. The third-order valence-electron chi connectivity index (χ3n) is 4.48. The minimum atomic E-state index is -0.428. The Hall–Kier alpha value is -2.70. The molecule has 0 unspecified atom stereocenters. The largest absolute Gasteiger partial charge is 0.497 e. The number of benzene rings is 2. The molecule has 0 aromatic heterocycles. The summed E-state index contributed by atoms with van der Waals surface area (Å²) in [4.78, 5) is 27.4. The molecule has 2 aromatic carbocycles. The minimum Gasteiger partial charge on any atom is -0.497 e. The van der Waals surface area contributed by atoms with Gasteiger partial charge in [0.25, 0.3) is 11.8 Å². The maximum absolute atomic E-state index is 13.1. The number of anilines is 1. The first kappa shape index (κ1) is 21.0. The monoisotopic (exact) mass is 434 g/mol. The van der Waals surface area contributed by atoms with E-state index in [9.17, 15) is 9.59 Å². The van der Waals surface area contributed by atoms with Crippen LogP contribution in [0, 0.1) is 0 Å². The molecule has 1 aliphatic heterocycles. The molecular formula is C21H20Cl2N2O4. The average molecular weight is 435 g/mol. The highest BCUT2D eigenvalue weighted by Gasteiger charge is 2.39. The van der Waals surface area contributed by atoms with Gasteiger partial charge in [-0.25, -0.2) is 0 Å². The number of ether oxygens (including phenoxy) is 2. The van der Waals surface area contributed by atoms with Crippen molar-refractivity contribution in [2.45, 2.75) is 13.3 Å². The Morgan fingerprint density at radius 2 is 1.76 bits per heavy atom. The van der Waals surface area contributed by atoms with Gasteiger partial charge in [0, 0.05) is 23.2 Å². The van der Waals surface area contributed by atoms with E-state index in [-0.39, 0.29) is 16.3 Å². The molecule has 0 atom stereocenters. The Bertz CT molecular complexity index is 1000. The van der Waals surface area contributed by atoms with Crippen molar-refractivity contribution in [3.05, 3.63) is 57.7 Å². The summed E-state index contributed by atoms with van der Waals surface area (Å²) in [5.74, 6) is 0.226. The van der Waals surface area contributed by atoms with Crippen LogP contribution in [0.2, 0.25) is 10.0 Å². The molecule has 152 valence electrons. The van der Waals surface area contributed by atoms with Crippen molar-refractivity contribution in [2.75, 3.05) is 26.1 Å². The van der Waals surface area contributed by atoms with Gasteiger partial charge in [0.15, 0.2) is 0 Å². The summed E-state index contributed by atoms with van der Waals surface area (Å²) in [6.07, 6.45) is 0.634. The highest BCUT2D eigenvalue weighted by Crippen LogP contribution is 2.37. The first-order valence-corrected chi connectivity index (χ1v) is 9.71. The molecule has 8 heteroatoms. The Morgan fingerprint density at radius 1 is 1.00 bits per heavy atom. The summed E-state index contributed by atoms with van der Waals surface area (Å²) < 4.78 is 10.6. The number of hydrogen-bond donors (Lipinski definition) is 1. The number of amides is 2. The van der Waals surface area contributed by atoms with Crippen molar-refractivity contribution in [2.24, 2.45) is 0 Å². The Kier molecular flexibility index (Phi) is 6.35. The smallest absolute Gasteiger partial charge is 0.278 e.